The van der Waals surface area contributed by atoms with Gasteiger partial charge in [-0.3, -0.25) is 4.57 Å². The van der Waals surface area contributed by atoms with Crippen LogP contribution < -0.4 is 0 Å². The average Bonchev–Trinajstić information content (AvgIpc) is 3.62. The van der Waals surface area contributed by atoms with Gasteiger partial charge in [-0.2, -0.15) is 0 Å². The molecule has 0 saturated heterocycles. The lowest BCUT2D eigenvalue weighted by atomic mass is 10.0. The van der Waals surface area contributed by atoms with Gasteiger partial charge in [0.2, 0.25) is 0 Å². The van der Waals surface area contributed by atoms with Crippen molar-refractivity contribution in [2.24, 2.45) is 0 Å². The first kappa shape index (κ1) is 25.5. The molecule has 0 aliphatic carbocycles. The molecule has 0 fully saturated rings. The minimum Gasteiger partial charge on any atom is -0.309 e. The molecular weight excluding hydrogens is 548 g/mol. The van der Waals surface area contributed by atoms with Crippen LogP contribution in [0.1, 0.15) is 5.56 Å². The van der Waals surface area contributed by atoms with Crippen molar-refractivity contribution in [2.45, 2.75) is 6.92 Å². The average molecular weight is 577 g/mol. The monoisotopic (exact) mass is 576 g/mol. The normalized spacial score (nSPS) is 11.7. The number of hydrogen-bond donors (Lipinski definition) is 0. The van der Waals surface area contributed by atoms with Gasteiger partial charge < -0.3 is 4.57 Å². The van der Waals surface area contributed by atoms with Gasteiger partial charge in [0.25, 0.3) is 0 Å². The number of pyridine rings is 2. The fourth-order valence-electron chi connectivity index (χ4n) is 6.79. The van der Waals surface area contributed by atoms with E-state index in [9.17, 15) is 0 Å². The summed E-state index contributed by atoms with van der Waals surface area (Å²) in [5.41, 5.74) is 11.0. The molecule has 0 aliphatic rings. The van der Waals surface area contributed by atoms with Crippen molar-refractivity contribution in [2.75, 3.05) is 0 Å². The lowest BCUT2D eigenvalue weighted by Crippen LogP contribution is -1.98. The molecule has 4 aromatic heterocycles. The standard InChI is InChI=1S/C41H28N4/c1-27-19-24-39(42-26-27)45-37-23-22-36-40(31-15-8-9-18-35(31)44(36)30-13-6-3-7-14-30)41(37)32-21-20-29(25-38(32)45)34-17-10-16-33(43-34)28-11-4-2-5-12-28/h2-26H,1H3. The van der Waals surface area contributed by atoms with E-state index in [2.05, 4.69) is 156 Å². The number of para-hydroxylation sites is 2. The SMILES string of the molecule is Cc1ccc(-n2c3cc(-c4cccc(-c5ccccc5)n4)ccc3c3c4c5ccccc5n(-c5ccccc5)c4ccc32)nc1. The summed E-state index contributed by atoms with van der Waals surface area (Å²) in [6.45, 7) is 2.08. The molecule has 0 N–H and O–H groups in total. The van der Waals surface area contributed by atoms with E-state index in [1.165, 1.54) is 32.6 Å². The second-order valence-electron chi connectivity index (χ2n) is 11.6. The van der Waals surface area contributed by atoms with E-state index in [0.717, 1.165) is 50.6 Å². The zero-order valence-corrected chi connectivity index (χ0v) is 24.7. The molecule has 45 heavy (non-hydrogen) atoms. The fourth-order valence-corrected chi connectivity index (χ4v) is 6.79. The first-order chi connectivity index (χ1) is 22.2. The molecule has 0 amide bonds. The molecule has 0 aliphatic heterocycles. The molecule has 9 aromatic rings. The molecular formula is C41H28N4. The van der Waals surface area contributed by atoms with E-state index in [1.807, 2.05) is 12.3 Å². The smallest absolute Gasteiger partial charge is 0.137 e. The molecule has 0 bridgehead atoms. The van der Waals surface area contributed by atoms with Crippen LogP contribution in [0, 0.1) is 6.92 Å². The predicted molar refractivity (Wildman–Crippen MR) is 186 cm³/mol. The first-order valence-corrected chi connectivity index (χ1v) is 15.3. The summed E-state index contributed by atoms with van der Waals surface area (Å²) in [5, 5.41) is 4.91. The molecule has 4 heterocycles. The third-order valence-electron chi connectivity index (χ3n) is 8.82. The molecule has 0 spiro atoms. The van der Waals surface area contributed by atoms with Gasteiger partial charge in [0.15, 0.2) is 0 Å². The van der Waals surface area contributed by atoms with Gasteiger partial charge in [0, 0.05) is 44.6 Å². The van der Waals surface area contributed by atoms with Gasteiger partial charge in [0.05, 0.1) is 33.5 Å². The Morgan fingerprint density at radius 3 is 1.89 bits per heavy atom. The van der Waals surface area contributed by atoms with Crippen LogP contribution >= 0.6 is 0 Å². The van der Waals surface area contributed by atoms with Gasteiger partial charge in [-0.05, 0) is 67.1 Å². The Morgan fingerprint density at radius 1 is 0.467 bits per heavy atom. The number of fused-ring (bicyclic) bond motifs is 7. The molecule has 0 unspecified atom stereocenters. The summed E-state index contributed by atoms with van der Waals surface area (Å²) in [4.78, 5) is 10.0. The summed E-state index contributed by atoms with van der Waals surface area (Å²) in [6, 6.07) is 51.5. The summed E-state index contributed by atoms with van der Waals surface area (Å²) in [5.74, 6) is 0.898. The summed E-state index contributed by atoms with van der Waals surface area (Å²) in [6.07, 6.45) is 1.95. The number of nitrogens with zero attached hydrogens (tertiary/aromatic N) is 4. The fraction of sp³-hybridized carbons (Fsp3) is 0.0244. The van der Waals surface area contributed by atoms with Crippen molar-refractivity contribution in [3.8, 4) is 34.0 Å². The third-order valence-corrected chi connectivity index (χ3v) is 8.82. The lowest BCUT2D eigenvalue weighted by Gasteiger charge is -2.09. The zero-order chi connectivity index (χ0) is 29.9. The summed E-state index contributed by atoms with van der Waals surface area (Å²) in [7, 11) is 0. The Hall–Kier alpha value is -6.00. The van der Waals surface area contributed by atoms with E-state index < -0.39 is 0 Å². The third kappa shape index (κ3) is 4.00. The van der Waals surface area contributed by atoms with E-state index in [0.29, 0.717) is 0 Å². The summed E-state index contributed by atoms with van der Waals surface area (Å²) < 4.78 is 4.69. The van der Waals surface area contributed by atoms with Gasteiger partial charge in [-0.15, -0.1) is 0 Å². The molecule has 4 heteroatoms. The molecule has 0 atom stereocenters. The van der Waals surface area contributed by atoms with Crippen molar-refractivity contribution in [1.82, 2.24) is 19.1 Å². The molecule has 212 valence electrons. The van der Waals surface area contributed by atoms with Crippen LogP contribution in [0.15, 0.2) is 152 Å². The second-order valence-corrected chi connectivity index (χ2v) is 11.6. The number of hydrogen-bond acceptors (Lipinski definition) is 2. The largest absolute Gasteiger partial charge is 0.309 e. The molecule has 0 saturated carbocycles. The van der Waals surface area contributed by atoms with Crippen LogP contribution in [0.5, 0.6) is 0 Å². The molecule has 9 rings (SSSR count). The van der Waals surface area contributed by atoms with Crippen LogP contribution in [0.3, 0.4) is 0 Å². The highest BCUT2D eigenvalue weighted by Crippen LogP contribution is 2.43. The maximum absolute atomic E-state index is 5.09. The topological polar surface area (TPSA) is 35.6 Å². The number of aromatic nitrogens is 4. The number of rotatable bonds is 4. The first-order valence-electron chi connectivity index (χ1n) is 15.3. The number of aryl methyl sites for hydroxylation is 1. The zero-order valence-electron chi connectivity index (χ0n) is 24.7. The minimum absolute atomic E-state index is 0.898. The van der Waals surface area contributed by atoms with Crippen molar-refractivity contribution in [1.29, 1.82) is 0 Å². The van der Waals surface area contributed by atoms with E-state index in [1.54, 1.807) is 0 Å². The van der Waals surface area contributed by atoms with E-state index >= 15 is 0 Å². The van der Waals surface area contributed by atoms with Gasteiger partial charge in [0.1, 0.15) is 5.82 Å². The maximum Gasteiger partial charge on any atom is 0.137 e. The summed E-state index contributed by atoms with van der Waals surface area (Å²) >= 11 is 0. The highest BCUT2D eigenvalue weighted by atomic mass is 15.1. The lowest BCUT2D eigenvalue weighted by molar-refractivity contribution is 1.07. The van der Waals surface area contributed by atoms with Crippen LogP contribution in [0.25, 0.3) is 77.6 Å². The Balaban J connectivity index is 1.37. The van der Waals surface area contributed by atoms with E-state index in [-0.39, 0.29) is 0 Å². The van der Waals surface area contributed by atoms with E-state index in [4.69, 9.17) is 9.97 Å². The molecule has 4 nitrogen and oxygen atoms in total. The number of benzene rings is 5. The quantitative estimate of drug-likeness (QED) is 0.209. The molecule has 5 aromatic carbocycles. The van der Waals surface area contributed by atoms with Crippen molar-refractivity contribution < 1.29 is 0 Å². The van der Waals surface area contributed by atoms with Crippen molar-refractivity contribution in [3.05, 3.63) is 157 Å². The minimum atomic E-state index is 0.898. The van der Waals surface area contributed by atoms with Crippen LogP contribution in [0.4, 0.5) is 0 Å². The Morgan fingerprint density at radius 2 is 1.13 bits per heavy atom. The highest BCUT2D eigenvalue weighted by molar-refractivity contribution is 6.29. The Bertz CT molecular complexity index is 2520. The van der Waals surface area contributed by atoms with Gasteiger partial charge in [-0.25, -0.2) is 9.97 Å². The van der Waals surface area contributed by atoms with Crippen LogP contribution in [0.2, 0.25) is 0 Å². The molecule has 0 radical (unpaired) electrons. The van der Waals surface area contributed by atoms with Crippen LogP contribution in [-0.2, 0) is 0 Å². The van der Waals surface area contributed by atoms with Gasteiger partial charge in [-0.1, -0.05) is 91.0 Å². The predicted octanol–water partition coefficient (Wildman–Crippen LogP) is 10.3. The second kappa shape index (κ2) is 10.0. The van der Waals surface area contributed by atoms with Gasteiger partial charge >= 0.3 is 0 Å². The van der Waals surface area contributed by atoms with Crippen molar-refractivity contribution >= 4 is 43.6 Å². The Kier molecular flexibility index (Phi) is 5.69. The van der Waals surface area contributed by atoms with Crippen molar-refractivity contribution in [3.63, 3.8) is 0 Å². The van der Waals surface area contributed by atoms with Crippen LogP contribution in [-0.4, -0.2) is 19.1 Å². The highest BCUT2D eigenvalue weighted by Gasteiger charge is 2.21. The maximum atomic E-state index is 5.09. The Labute approximate surface area is 260 Å².